The number of carbonyl (C=O) groups is 1. The van der Waals surface area contributed by atoms with Crippen LogP contribution in [0.3, 0.4) is 0 Å². The first-order valence-corrected chi connectivity index (χ1v) is 6.48. The molecular formula is C11H8Cl2N2O2S. The van der Waals surface area contributed by atoms with Gasteiger partial charge < -0.3 is 4.42 Å². The van der Waals surface area contributed by atoms with Crippen molar-refractivity contribution in [3.8, 4) is 0 Å². The highest BCUT2D eigenvalue weighted by Gasteiger charge is 2.10. The second kappa shape index (κ2) is 5.56. The molecule has 7 heteroatoms. The van der Waals surface area contributed by atoms with Gasteiger partial charge in [-0.05, 0) is 25.1 Å². The van der Waals surface area contributed by atoms with Gasteiger partial charge in [0.25, 0.3) is 0 Å². The number of thiophene rings is 1. The highest BCUT2D eigenvalue weighted by molar-refractivity contribution is 7.20. The Balaban J connectivity index is 2.10. The van der Waals surface area contributed by atoms with E-state index in [1.54, 1.807) is 25.1 Å². The first kappa shape index (κ1) is 13.1. The Morgan fingerprint density at radius 1 is 1.50 bits per heavy atom. The molecule has 1 N–H and O–H groups in total. The van der Waals surface area contributed by atoms with E-state index in [4.69, 9.17) is 27.6 Å². The molecule has 2 heterocycles. The van der Waals surface area contributed by atoms with Gasteiger partial charge in [-0.15, -0.1) is 11.3 Å². The zero-order valence-electron chi connectivity index (χ0n) is 9.24. The molecule has 0 saturated carbocycles. The summed E-state index contributed by atoms with van der Waals surface area (Å²) in [6.07, 6.45) is 1.42. The molecule has 0 aliphatic rings. The van der Waals surface area contributed by atoms with Crippen LogP contribution in [0.15, 0.2) is 34.0 Å². The highest BCUT2D eigenvalue weighted by Crippen LogP contribution is 2.31. The van der Waals surface area contributed by atoms with Crippen molar-refractivity contribution in [3.63, 3.8) is 0 Å². The molecule has 0 aliphatic carbocycles. The maximum Gasteiger partial charge on any atom is 0.307 e. The summed E-state index contributed by atoms with van der Waals surface area (Å²) < 4.78 is 6.04. The molecule has 0 radical (unpaired) electrons. The van der Waals surface area contributed by atoms with E-state index in [1.165, 1.54) is 17.6 Å². The number of nitrogens with zero attached hydrogens (tertiary/aromatic N) is 1. The van der Waals surface area contributed by atoms with Crippen molar-refractivity contribution < 1.29 is 9.21 Å². The van der Waals surface area contributed by atoms with E-state index in [9.17, 15) is 4.79 Å². The molecule has 0 unspecified atom stereocenters. The van der Waals surface area contributed by atoms with Crippen LogP contribution in [-0.4, -0.2) is 11.6 Å². The Morgan fingerprint density at radius 2 is 2.28 bits per heavy atom. The molecule has 0 aromatic carbocycles. The second-order valence-electron chi connectivity index (χ2n) is 3.35. The van der Waals surface area contributed by atoms with E-state index in [0.717, 1.165) is 0 Å². The Labute approximate surface area is 117 Å². The number of hydrogen-bond acceptors (Lipinski definition) is 4. The van der Waals surface area contributed by atoms with Gasteiger partial charge in [0.1, 0.15) is 4.34 Å². The number of amides is 1. The smallest absolute Gasteiger partial charge is 0.307 e. The summed E-state index contributed by atoms with van der Waals surface area (Å²) in [7, 11) is 0. The summed E-state index contributed by atoms with van der Waals surface area (Å²) in [5, 5.41) is 3.95. The number of halogens is 2. The fourth-order valence-electron chi connectivity index (χ4n) is 1.24. The zero-order valence-corrected chi connectivity index (χ0v) is 11.6. The number of hydrogen-bond donors (Lipinski definition) is 1. The monoisotopic (exact) mass is 302 g/mol. The Kier molecular flexibility index (Phi) is 4.06. The number of rotatable bonds is 3. The van der Waals surface area contributed by atoms with Crippen molar-refractivity contribution >= 4 is 46.2 Å². The van der Waals surface area contributed by atoms with E-state index >= 15 is 0 Å². The van der Waals surface area contributed by atoms with Crippen LogP contribution in [-0.2, 0) is 0 Å². The molecule has 2 aromatic heterocycles. The van der Waals surface area contributed by atoms with Crippen LogP contribution in [0, 0.1) is 0 Å². The van der Waals surface area contributed by atoms with Crippen LogP contribution in [0.25, 0.3) is 0 Å². The van der Waals surface area contributed by atoms with Gasteiger partial charge in [0.05, 0.1) is 16.3 Å². The maximum atomic E-state index is 11.6. The van der Waals surface area contributed by atoms with Crippen molar-refractivity contribution in [1.29, 1.82) is 0 Å². The lowest BCUT2D eigenvalue weighted by atomic mass is 10.2. The first-order chi connectivity index (χ1) is 8.58. The molecule has 94 valence electrons. The van der Waals surface area contributed by atoms with Crippen LogP contribution >= 0.6 is 34.5 Å². The molecular weight excluding hydrogens is 295 g/mol. The Bertz CT molecular complexity index is 590. The number of carbonyl (C=O) groups excluding carboxylic acids is 1. The van der Waals surface area contributed by atoms with Crippen LogP contribution < -0.4 is 5.43 Å². The van der Waals surface area contributed by atoms with E-state index in [2.05, 4.69) is 10.5 Å². The van der Waals surface area contributed by atoms with Crippen LogP contribution in [0.2, 0.25) is 8.67 Å². The average Bonchev–Trinajstić information content (AvgIpc) is 2.95. The summed E-state index contributed by atoms with van der Waals surface area (Å²) in [5.41, 5.74) is 3.65. The van der Waals surface area contributed by atoms with Gasteiger partial charge in [-0.1, -0.05) is 23.2 Å². The quantitative estimate of drug-likeness (QED) is 0.692. The third kappa shape index (κ3) is 2.93. The minimum absolute atomic E-state index is 0.195. The predicted octanol–water partition coefficient (Wildman–Crippen LogP) is 3.80. The summed E-state index contributed by atoms with van der Waals surface area (Å²) in [6, 6.07) is 4.88. The van der Waals surface area contributed by atoms with Crippen LogP contribution in [0.4, 0.5) is 0 Å². The number of furan rings is 1. The molecule has 0 bridgehead atoms. The molecule has 2 rings (SSSR count). The molecule has 0 aliphatic heterocycles. The summed E-state index contributed by atoms with van der Waals surface area (Å²) in [6.45, 7) is 1.73. The van der Waals surface area contributed by atoms with Gasteiger partial charge in [0.2, 0.25) is 0 Å². The third-order valence-electron chi connectivity index (χ3n) is 2.12. The normalized spacial score (nSPS) is 11.6. The fraction of sp³-hybridized carbons (Fsp3) is 0.0909. The molecule has 4 nitrogen and oxygen atoms in total. The van der Waals surface area contributed by atoms with Gasteiger partial charge in [-0.3, -0.25) is 4.79 Å². The van der Waals surface area contributed by atoms with Crippen molar-refractivity contribution in [2.24, 2.45) is 5.10 Å². The molecule has 2 aromatic rings. The first-order valence-electron chi connectivity index (χ1n) is 4.91. The lowest BCUT2D eigenvalue weighted by Crippen LogP contribution is -2.18. The second-order valence-corrected chi connectivity index (χ2v) is 5.64. The predicted molar refractivity (Wildman–Crippen MR) is 72.7 cm³/mol. The van der Waals surface area contributed by atoms with Gasteiger partial charge in [0.15, 0.2) is 5.76 Å². The van der Waals surface area contributed by atoms with Crippen LogP contribution in [0.1, 0.15) is 23.0 Å². The molecule has 0 saturated heterocycles. The van der Waals surface area contributed by atoms with E-state index in [1.807, 2.05) is 0 Å². The van der Waals surface area contributed by atoms with E-state index in [0.29, 0.717) is 19.9 Å². The lowest BCUT2D eigenvalue weighted by Gasteiger charge is -1.99. The Morgan fingerprint density at radius 3 is 2.83 bits per heavy atom. The lowest BCUT2D eigenvalue weighted by molar-refractivity contribution is 0.0927. The molecule has 1 amide bonds. The third-order valence-corrected chi connectivity index (χ3v) is 3.60. The standard InChI is InChI=1S/C11H8Cl2N2O2S/c1-6(7-5-9(12)18-10(7)13)14-15-11(16)8-3-2-4-17-8/h2-5H,1H3,(H,15,16)/b14-6+. The van der Waals surface area contributed by atoms with Gasteiger partial charge in [0, 0.05) is 5.56 Å². The van der Waals surface area contributed by atoms with Crippen molar-refractivity contribution in [2.75, 3.05) is 0 Å². The molecule has 0 atom stereocenters. The number of nitrogens with one attached hydrogen (secondary N) is 1. The van der Waals surface area contributed by atoms with E-state index < -0.39 is 5.91 Å². The number of hydrazone groups is 1. The van der Waals surface area contributed by atoms with E-state index in [-0.39, 0.29) is 5.76 Å². The van der Waals surface area contributed by atoms with Crippen LogP contribution in [0.5, 0.6) is 0 Å². The summed E-state index contributed by atoms with van der Waals surface area (Å²) in [4.78, 5) is 11.6. The van der Waals surface area contributed by atoms with Gasteiger partial charge >= 0.3 is 5.91 Å². The zero-order chi connectivity index (χ0) is 13.1. The molecule has 18 heavy (non-hydrogen) atoms. The highest BCUT2D eigenvalue weighted by atomic mass is 35.5. The molecule has 0 fully saturated rings. The average molecular weight is 303 g/mol. The van der Waals surface area contributed by atoms with Gasteiger partial charge in [-0.25, -0.2) is 5.43 Å². The SMILES string of the molecule is C/C(=N\NC(=O)c1ccco1)c1cc(Cl)sc1Cl. The van der Waals surface area contributed by atoms with Crippen molar-refractivity contribution in [3.05, 3.63) is 44.5 Å². The maximum absolute atomic E-state index is 11.6. The minimum atomic E-state index is -0.420. The Hall–Kier alpha value is -1.30. The minimum Gasteiger partial charge on any atom is -0.459 e. The topological polar surface area (TPSA) is 54.6 Å². The largest absolute Gasteiger partial charge is 0.459 e. The fourth-order valence-corrected chi connectivity index (χ4v) is 2.81. The van der Waals surface area contributed by atoms with Crippen molar-refractivity contribution in [1.82, 2.24) is 5.43 Å². The van der Waals surface area contributed by atoms with Crippen molar-refractivity contribution in [2.45, 2.75) is 6.92 Å². The summed E-state index contributed by atoms with van der Waals surface area (Å²) >= 11 is 13.1. The summed E-state index contributed by atoms with van der Waals surface area (Å²) in [5.74, 6) is -0.224. The van der Waals surface area contributed by atoms with Gasteiger partial charge in [-0.2, -0.15) is 5.10 Å². The molecule has 0 spiro atoms.